The maximum absolute atomic E-state index is 13.8. The average molecular weight is 441 g/mol. The van der Waals surface area contributed by atoms with Crippen LogP contribution in [0.15, 0.2) is 36.4 Å². The van der Waals surface area contributed by atoms with Crippen LogP contribution in [0.1, 0.15) is 46.8 Å². The highest BCUT2D eigenvalue weighted by Crippen LogP contribution is 2.43. The Balaban J connectivity index is 1.63. The summed E-state index contributed by atoms with van der Waals surface area (Å²) >= 11 is 6.20. The molecule has 1 aliphatic heterocycles. The van der Waals surface area contributed by atoms with Gasteiger partial charge in [-0.05, 0) is 49.6 Å². The zero-order valence-corrected chi connectivity index (χ0v) is 16.3. The van der Waals surface area contributed by atoms with Gasteiger partial charge in [-0.1, -0.05) is 17.7 Å². The van der Waals surface area contributed by atoms with Crippen molar-refractivity contribution in [3.05, 3.63) is 63.9 Å². The number of anilines is 1. The first-order valence-corrected chi connectivity index (χ1v) is 9.79. The molecule has 0 bridgehead atoms. The lowest BCUT2D eigenvalue weighted by molar-refractivity contribution is -0.173. The highest BCUT2D eigenvalue weighted by Gasteiger charge is 2.46. The molecule has 2 amide bonds. The van der Waals surface area contributed by atoms with Crippen LogP contribution in [0.2, 0.25) is 5.02 Å². The van der Waals surface area contributed by atoms with Gasteiger partial charge < -0.3 is 10.6 Å². The molecular weight excluding hydrogens is 424 g/mol. The number of carbonyl (C=O) groups excluding carboxylic acids is 2. The van der Waals surface area contributed by atoms with Gasteiger partial charge >= 0.3 is 6.18 Å². The van der Waals surface area contributed by atoms with Crippen molar-refractivity contribution in [3.63, 3.8) is 0 Å². The van der Waals surface area contributed by atoms with E-state index < -0.39 is 41.7 Å². The number of rotatable bonds is 3. The van der Waals surface area contributed by atoms with Crippen molar-refractivity contribution in [2.45, 2.75) is 31.5 Å². The van der Waals surface area contributed by atoms with Crippen LogP contribution in [0.25, 0.3) is 0 Å². The summed E-state index contributed by atoms with van der Waals surface area (Å²) in [6.07, 6.45) is -4.53. The van der Waals surface area contributed by atoms with Gasteiger partial charge in [-0.15, -0.1) is 0 Å². The molecule has 1 aliphatic carbocycles. The minimum atomic E-state index is -4.32. The highest BCUT2D eigenvalue weighted by atomic mass is 35.5. The van der Waals surface area contributed by atoms with Crippen LogP contribution >= 0.6 is 11.6 Å². The van der Waals surface area contributed by atoms with Crippen molar-refractivity contribution < 1.29 is 27.2 Å². The van der Waals surface area contributed by atoms with Gasteiger partial charge in [0.05, 0.1) is 12.0 Å². The third kappa shape index (κ3) is 3.76. The smallest absolute Gasteiger partial charge is 0.341 e. The third-order valence-corrected chi connectivity index (χ3v) is 6.05. The van der Waals surface area contributed by atoms with Gasteiger partial charge in [-0.3, -0.25) is 9.59 Å². The fraction of sp³-hybridized carbons (Fsp3) is 0.333. The molecule has 1 heterocycles. The van der Waals surface area contributed by atoms with E-state index in [1.165, 1.54) is 18.2 Å². The first kappa shape index (κ1) is 20.7. The van der Waals surface area contributed by atoms with E-state index in [0.29, 0.717) is 11.1 Å². The van der Waals surface area contributed by atoms with E-state index in [1.807, 2.05) is 0 Å². The minimum absolute atomic E-state index is 0.0873. The summed E-state index contributed by atoms with van der Waals surface area (Å²) in [6.45, 7) is 0. The van der Waals surface area contributed by atoms with Crippen molar-refractivity contribution in [1.82, 2.24) is 5.32 Å². The van der Waals surface area contributed by atoms with Crippen LogP contribution in [-0.2, 0) is 4.79 Å². The molecule has 30 heavy (non-hydrogen) atoms. The van der Waals surface area contributed by atoms with Gasteiger partial charge in [-0.25, -0.2) is 4.39 Å². The molecule has 0 spiro atoms. The zero-order chi connectivity index (χ0) is 21.6. The van der Waals surface area contributed by atoms with E-state index in [4.69, 9.17) is 11.6 Å². The Bertz CT molecular complexity index is 1020. The van der Waals surface area contributed by atoms with E-state index in [1.54, 1.807) is 18.2 Å². The third-order valence-electron chi connectivity index (χ3n) is 5.71. The lowest BCUT2D eigenvalue weighted by Crippen LogP contribution is -2.25. The first-order valence-electron chi connectivity index (χ1n) is 9.41. The van der Waals surface area contributed by atoms with Crippen LogP contribution in [0.3, 0.4) is 0 Å². The molecule has 0 saturated heterocycles. The molecule has 2 aromatic carbocycles. The number of benzene rings is 2. The van der Waals surface area contributed by atoms with Crippen molar-refractivity contribution in [2.24, 2.45) is 11.8 Å². The quantitative estimate of drug-likeness (QED) is 0.642. The molecule has 0 aromatic heterocycles. The molecule has 0 unspecified atom stereocenters. The monoisotopic (exact) mass is 440 g/mol. The predicted octanol–water partition coefficient (Wildman–Crippen LogP) is 5.23. The Morgan fingerprint density at radius 3 is 2.63 bits per heavy atom. The first-order chi connectivity index (χ1) is 14.1. The van der Waals surface area contributed by atoms with Crippen LogP contribution in [0.5, 0.6) is 0 Å². The number of alkyl halides is 3. The molecule has 158 valence electrons. The number of nitrogens with one attached hydrogen (secondary N) is 2. The Morgan fingerprint density at radius 1 is 1.17 bits per heavy atom. The van der Waals surface area contributed by atoms with Crippen LogP contribution in [0.4, 0.5) is 23.2 Å². The molecule has 3 atom stereocenters. The van der Waals surface area contributed by atoms with Gasteiger partial charge in [0, 0.05) is 33.3 Å². The Morgan fingerprint density at radius 2 is 1.93 bits per heavy atom. The van der Waals surface area contributed by atoms with E-state index in [9.17, 15) is 27.2 Å². The molecule has 4 nitrogen and oxygen atoms in total. The van der Waals surface area contributed by atoms with E-state index in [-0.39, 0.29) is 35.5 Å². The van der Waals surface area contributed by atoms with Crippen molar-refractivity contribution in [1.29, 1.82) is 0 Å². The van der Waals surface area contributed by atoms with Crippen molar-refractivity contribution in [2.75, 3.05) is 5.32 Å². The van der Waals surface area contributed by atoms with Crippen LogP contribution in [-0.4, -0.2) is 18.0 Å². The largest absolute Gasteiger partial charge is 0.391 e. The van der Waals surface area contributed by atoms with Gasteiger partial charge in [0.1, 0.15) is 5.82 Å². The van der Waals surface area contributed by atoms with Gasteiger partial charge in [0.15, 0.2) is 0 Å². The van der Waals surface area contributed by atoms with E-state index >= 15 is 0 Å². The SMILES string of the molecule is O=C1N[C@H](c2cc(F)ccc2Cl)c2c(NC(=O)[C@H]3CC[C@@H](C(F)(F)F)C3)cccc21. The molecule has 4 rings (SSSR count). The lowest BCUT2D eigenvalue weighted by atomic mass is 9.95. The summed E-state index contributed by atoms with van der Waals surface area (Å²) in [7, 11) is 0. The van der Waals surface area contributed by atoms with Crippen molar-refractivity contribution in [3.8, 4) is 0 Å². The fourth-order valence-electron chi connectivity index (χ4n) is 4.19. The lowest BCUT2D eigenvalue weighted by Gasteiger charge is -2.19. The number of amides is 2. The number of hydrogen-bond acceptors (Lipinski definition) is 2. The number of halogens is 5. The maximum Gasteiger partial charge on any atom is 0.391 e. The average Bonchev–Trinajstić information content (AvgIpc) is 3.30. The summed E-state index contributed by atoms with van der Waals surface area (Å²) < 4.78 is 52.6. The Hall–Kier alpha value is -2.61. The molecule has 2 N–H and O–H groups in total. The van der Waals surface area contributed by atoms with Crippen LogP contribution < -0.4 is 10.6 Å². The zero-order valence-electron chi connectivity index (χ0n) is 15.5. The number of fused-ring (bicyclic) bond motifs is 1. The molecule has 9 heteroatoms. The summed E-state index contributed by atoms with van der Waals surface area (Å²) in [4.78, 5) is 25.1. The Labute approximate surface area is 174 Å². The molecular formula is C21H17ClF4N2O2. The molecule has 1 fully saturated rings. The summed E-state index contributed by atoms with van der Waals surface area (Å²) in [6, 6.07) is 7.65. The summed E-state index contributed by atoms with van der Waals surface area (Å²) in [5.41, 5.74) is 1.31. The Kier molecular flexibility index (Phi) is 5.22. The topological polar surface area (TPSA) is 58.2 Å². The standard InChI is InChI=1S/C21H17ClF4N2O2/c22-15-7-6-12(23)9-14(15)18-17-13(20(30)28-18)2-1-3-16(17)27-19(29)10-4-5-11(8-10)21(24,25)26/h1-3,6-7,9-11,18H,4-5,8H2,(H,27,29)(H,28,30)/t10-,11+,18+/m0/s1. The second-order valence-electron chi connectivity index (χ2n) is 7.58. The summed E-state index contributed by atoms with van der Waals surface area (Å²) in [5, 5.41) is 5.63. The van der Waals surface area contributed by atoms with E-state index in [0.717, 1.165) is 0 Å². The molecule has 2 aromatic rings. The molecule has 1 saturated carbocycles. The van der Waals surface area contributed by atoms with Gasteiger partial charge in [0.25, 0.3) is 5.91 Å². The normalized spacial score (nSPS) is 23.2. The minimum Gasteiger partial charge on any atom is -0.341 e. The van der Waals surface area contributed by atoms with Gasteiger partial charge in [0.2, 0.25) is 5.91 Å². The fourth-order valence-corrected chi connectivity index (χ4v) is 4.41. The number of hydrogen-bond donors (Lipinski definition) is 2. The second-order valence-corrected chi connectivity index (χ2v) is 7.98. The second kappa shape index (κ2) is 7.58. The van der Waals surface area contributed by atoms with Gasteiger partial charge in [-0.2, -0.15) is 13.2 Å². The maximum atomic E-state index is 13.8. The summed E-state index contributed by atoms with van der Waals surface area (Å²) in [5.74, 6) is -3.74. The molecule has 2 aliphatic rings. The van der Waals surface area contributed by atoms with Crippen LogP contribution in [0, 0.1) is 17.7 Å². The van der Waals surface area contributed by atoms with E-state index in [2.05, 4.69) is 10.6 Å². The number of carbonyl (C=O) groups is 2. The molecule has 0 radical (unpaired) electrons. The highest BCUT2D eigenvalue weighted by molar-refractivity contribution is 6.31. The van der Waals surface area contributed by atoms with Crippen molar-refractivity contribution >= 4 is 29.1 Å². The predicted molar refractivity (Wildman–Crippen MR) is 103 cm³/mol.